The number of hydrogen-bond donors (Lipinski definition) is 0. The Morgan fingerprint density at radius 1 is 1.00 bits per heavy atom. The topological polar surface area (TPSA) is 9.23 Å². The summed E-state index contributed by atoms with van der Waals surface area (Å²) in [7, 11) is -1.53. The molecular weight excluding hydrogens is 224 g/mol. The van der Waals surface area contributed by atoms with E-state index in [0.29, 0.717) is 5.04 Å². The molecule has 0 bridgehead atoms. The smallest absolute Gasteiger partial charge is 0.191 e. The summed E-state index contributed by atoms with van der Waals surface area (Å²) in [5.41, 5.74) is 0. The minimum atomic E-state index is -1.53. The lowest BCUT2D eigenvalue weighted by molar-refractivity contribution is 0.294. The fourth-order valence-electron chi connectivity index (χ4n) is 1.15. The zero-order valence-corrected chi connectivity index (χ0v) is 13.5. The highest BCUT2D eigenvalue weighted by Gasteiger charge is 2.36. The van der Waals surface area contributed by atoms with Crippen molar-refractivity contribution >= 4 is 8.32 Å². The number of rotatable bonds is 7. The van der Waals surface area contributed by atoms with E-state index in [1.54, 1.807) is 0 Å². The maximum Gasteiger partial charge on any atom is 0.191 e. The molecule has 100 valence electrons. The van der Waals surface area contributed by atoms with Crippen LogP contribution in [0.25, 0.3) is 0 Å². The maximum absolute atomic E-state index is 6.09. The Morgan fingerprint density at radius 2 is 1.59 bits per heavy atom. The second-order valence-corrected chi connectivity index (χ2v) is 10.8. The molecule has 0 rings (SSSR count). The summed E-state index contributed by atoms with van der Waals surface area (Å²) in [6.07, 6.45) is 12.1. The minimum Gasteiger partial charge on any atom is -0.417 e. The van der Waals surface area contributed by atoms with Crippen molar-refractivity contribution in [2.24, 2.45) is 0 Å². The second-order valence-electron chi connectivity index (χ2n) is 5.98. The average molecular weight is 254 g/mol. The zero-order chi connectivity index (χ0) is 13.4. The van der Waals surface area contributed by atoms with Crippen LogP contribution in [0.1, 0.15) is 47.0 Å². The quantitative estimate of drug-likeness (QED) is 0.340. The van der Waals surface area contributed by atoms with Crippen molar-refractivity contribution in [1.82, 2.24) is 0 Å². The standard InChI is InChI=1S/C15H30OSi/c1-7-8-9-10-11-12-13-14-16-17(5,6)15(2,3)4/h8-9,11-12H,7,10,13-14H2,1-6H3/b9-8+,12-11+. The molecule has 0 aromatic rings. The molecule has 17 heavy (non-hydrogen) atoms. The Kier molecular flexibility index (Phi) is 7.72. The lowest BCUT2D eigenvalue weighted by atomic mass is 10.2. The fraction of sp³-hybridized carbons (Fsp3) is 0.733. The van der Waals surface area contributed by atoms with E-state index in [4.69, 9.17) is 4.43 Å². The first-order chi connectivity index (χ1) is 7.81. The zero-order valence-electron chi connectivity index (χ0n) is 12.5. The lowest BCUT2D eigenvalue weighted by Crippen LogP contribution is -2.40. The van der Waals surface area contributed by atoms with Gasteiger partial charge in [-0.05, 0) is 37.4 Å². The van der Waals surface area contributed by atoms with Gasteiger partial charge in [0.25, 0.3) is 0 Å². The van der Waals surface area contributed by atoms with Crippen molar-refractivity contribution in [2.45, 2.75) is 65.1 Å². The van der Waals surface area contributed by atoms with Gasteiger partial charge in [0.05, 0.1) is 0 Å². The molecule has 0 saturated heterocycles. The highest BCUT2D eigenvalue weighted by atomic mass is 28.4. The van der Waals surface area contributed by atoms with Crippen LogP contribution in [0.4, 0.5) is 0 Å². The SMILES string of the molecule is CC/C=C/C/C=C/CCO[Si](C)(C)C(C)(C)C. The largest absolute Gasteiger partial charge is 0.417 e. The van der Waals surface area contributed by atoms with Gasteiger partial charge < -0.3 is 4.43 Å². The number of hydrogen-bond acceptors (Lipinski definition) is 1. The summed E-state index contributed by atoms with van der Waals surface area (Å²) in [5.74, 6) is 0. The van der Waals surface area contributed by atoms with Crippen molar-refractivity contribution in [2.75, 3.05) is 6.61 Å². The Labute approximate surface area is 109 Å². The van der Waals surface area contributed by atoms with Crippen LogP contribution < -0.4 is 0 Å². The van der Waals surface area contributed by atoms with Crippen LogP contribution in [0.3, 0.4) is 0 Å². The molecule has 0 heterocycles. The van der Waals surface area contributed by atoms with Gasteiger partial charge in [-0.2, -0.15) is 0 Å². The van der Waals surface area contributed by atoms with Gasteiger partial charge in [0.15, 0.2) is 8.32 Å². The third kappa shape index (κ3) is 7.56. The van der Waals surface area contributed by atoms with Gasteiger partial charge in [-0.1, -0.05) is 52.0 Å². The van der Waals surface area contributed by atoms with Crippen LogP contribution in [0.15, 0.2) is 24.3 Å². The molecule has 0 aliphatic carbocycles. The molecule has 0 unspecified atom stereocenters. The molecule has 0 aliphatic heterocycles. The first-order valence-electron chi connectivity index (χ1n) is 6.75. The lowest BCUT2D eigenvalue weighted by Gasteiger charge is -2.36. The third-order valence-electron chi connectivity index (χ3n) is 3.39. The molecule has 0 fully saturated rings. The van der Waals surface area contributed by atoms with E-state index >= 15 is 0 Å². The summed E-state index contributed by atoms with van der Waals surface area (Å²) >= 11 is 0. The van der Waals surface area contributed by atoms with E-state index in [-0.39, 0.29) is 0 Å². The molecule has 0 atom stereocenters. The van der Waals surface area contributed by atoms with Gasteiger partial charge in [-0.15, -0.1) is 0 Å². The highest BCUT2D eigenvalue weighted by molar-refractivity contribution is 6.74. The van der Waals surface area contributed by atoms with Crippen LogP contribution in [0, 0.1) is 0 Å². The van der Waals surface area contributed by atoms with Crippen LogP contribution >= 0.6 is 0 Å². The van der Waals surface area contributed by atoms with Crippen LogP contribution in [0.2, 0.25) is 18.1 Å². The summed E-state index contributed by atoms with van der Waals surface area (Å²) in [6, 6.07) is 0. The second kappa shape index (κ2) is 7.88. The molecule has 0 aliphatic rings. The van der Waals surface area contributed by atoms with E-state index < -0.39 is 8.32 Å². The first kappa shape index (κ1) is 16.7. The number of allylic oxidation sites excluding steroid dienone is 3. The van der Waals surface area contributed by atoms with Crippen molar-refractivity contribution < 1.29 is 4.43 Å². The van der Waals surface area contributed by atoms with Crippen molar-refractivity contribution in [3.63, 3.8) is 0 Å². The predicted octanol–water partition coefficient (Wildman–Crippen LogP) is 5.31. The molecule has 0 N–H and O–H groups in total. The molecule has 1 nitrogen and oxygen atoms in total. The Balaban J connectivity index is 3.75. The molecule has 0 saturated carbocycles. The molecule has 0 aromatic carbocycles. The highest BCUT2D eigenvalue weighted by Crippen LogP contribution is 2.36. The first-order valence-corrected chi connectivity index (χ1v) is 9.66. The van der Waals surface area contributed by atoms with Crippen molar-refractivity contribution in [3.8, 4) is 0 Å². The van der Waals surface area contributed by atoms with Gasteiger partial charge in [-0.25, -0.2) is 0 Å². The van der Waals surface area contributed by atoms with Crippen LogP contribution in [0.5, 0.6) is 0 Å². The summed E-state index contributed by atoms with van der Waals surface area (Å²) in [6.45, 7) is 14.5. The maximum atomic E-state index is 6.09. The van der Waals surface area contributed by atoms with Crippen molar-refractivity contribution in [3.05, 3.63) is 24.3 Å². The van der Waals surface area contributed by atoms with E-state index in [1.165, 1.54) is 0 Å². The summed E-state index contributed by atoms with van der Waals surface area (Å²) in [5, 5.41) is 0.320. The average Bonchev–Trinajstić information content (AvgIpc) is 2.20. The molecule has 0 amide bonds. The Hall–Kier alpha value is -0.343. The normalized spacial score (nSPS) is 14.0. The van der Waals surface area contributed by atoms with Gasteiger partial charge in [-0.3, -0.25) is 0 Å². The van der Waals surface area contributed by atoms with Gasteiger partial charge in [0, 0.05) is 6.61 Å². The fourth-order valence-corrected chi connectivity index (χ4v) is 2.22. The monoisotopic (exact) mass is 254 g/mol. The van der Waals surface area contributed by atoms with Crippen LogP contribution in [-0.2, 0) is 4.43 Å². The van der Waals surface area contributed by atoms with E-state index in [0.717, 1.165) is 25.9 Å². The van der Waals surface area contributed by atoms with E-state index in [1.807, 2.05) is 0 Å². The summed E-state index contributed by atoms with van der Waals surface area (Å²) in [4.78, 5) is 0. The van der Waals surface area contributed by atoms with Gasteiger partial charge in [0.1, 0.15) is 0 Å². The molecular formula is C15H30OSi. The van der Waals surface area contributed by atoms with Crippen LogP contribution in [-0.4, -0.2) is 14.9 Å². The predicted molar refractivity (Wildman–Crippen MR) is 81.0 cm³/mol. The van der Waals surface area contributed by atoms with Gasteiger partial charge in [0.2, 0.25) is 0 Å². The van der Waals surface area contributed by atoms with Crippen molar-refractivity contribution in [1.29, 1.82) is 0 Å². The molecule has 0 aromatic heterocycles. The molecule has 0 radical (unpaired) electrons. The van der Waals surface area contributed by atoms with Gasteiger partial charge >= 0.3 is 0 Å². The van der Waals surface area contributed by atoms with E-state index in [2.05, 4.69) is 65.1 Å². The summed E-state index contributed by atoms with van der Waals surface area (Å²) < 4.78 is 6.09. The minimum absolute atomic E-state index is 0.320. The third-order valence-corrected chi connectivity index (χ3v) is 7.93. The Morgan fingerprint density at radius 3 is 2.12 bits per heavy atom. The Bertz CT molecular complexity index is 246. The molecule has 2 heteroatoms. The van der Waals surface area contributed by atoms with E-state index in [9.17, 15) is 0 Å². The molecule has 0 spiro atoms.